The summed E-state index contributed by atoms with van der Waals surface area (Å²) >= 11 is 3.21. The lowest BCUT2D eigenvalue weighted by molar-refractivity contribution is 0.0696. The summed E-state index contributed by atoms with van der Waals surface area (Å²) in [6, 6.07) is 3.28. The van der Waals surface area contributed by atoms with E-state index in [0.29, 0.717) is 16.5 Å². The molecule has 0 amide bonds. The molecule has 78 valence electrons. The van der Waals surface area contributed by atoms with Gasteiger partial charge >= 0.3 is 5.97 Å². The Bertz CT molecular complexity index is 451. The van der Waals surface area contributed by atoms with Crippen LogP contribution in [0, 0.1) is 0 Å². The topological polar surface area (TPSA) is 54.4 Å². The van der Waals surface area contributed by atoms with Crippen LogP contribution in [0.1, 0.15) is 39.1 Å². The Kier molecular flexibility index (Phi) is 2.61. The molecule has 0 bridgehead atoms. The van der Waals surface area contributed by atoms with Gasteiger partial charge in [0.1, 0.15) is 0 Å². The van der Waals surface area contributed by atoms with Crippen LogP contribution in [-0.2, 0) is 6.42 Å². The molecule has 0 aliphatic heterocycles. The maximum Gasteiger partial charge on any atom is 0.336 e. The Morgan fingerprint density at radius 3 is 2.73 bits per heavy atom. The van der Waals surface area contributed by atoms with Crippen molar-refractivity contribution < 1.29 is 14.7 Å². The average Bonchev–Trinajstić information content (AvgIpc) is 2.17. The van der Waals surface area contributed by atoms with E-state index < -0.39 is 5.97 Å². The molecule has 0 saturated carbocycles. The summed E-state index contributed by atoms with van der Waals surface area (Å²) < 4.78 is 0.428. The Morgan fingerprint density at radius 1 is 1.33 bits per heavy atom. The first-order valence-electron chi connectivity index (χ1n) is 4.69. The van der Waals surface area contributed by atoms with Gasteiger partial charge in [-0.2, -0.15) is 0 Å². The number of benzene rings is 1. The van der Waals surface area contributed by atoms with Gasteiger partial charge in [0, 0.05) is 16.5 Å². The number of carboxylic acid groups (broad SMARTS) is 1. The molecule has 0 heterocycles. The molecule has 0 atom stereocenters. The number of hydrogen-bond donors (Lipinski definition) is 1. The lowest BCUT2D eigenvalue weighted by Crippen LogP contribution is -2.14. The van der Waals surface area contributed by atoms with Gasteiger partial charge in [-0.05, 0) is 40.4 Å². The number of rotatable bonds is 1. The molecule has 0 saturated heterocycles. The van der Waals surface area contributed by atoms with Crippen molar-refractivity contribution in [2.24, 2.45) is 0 Å². The molecule has 0 unspecified atom stereocenters. The normalized spacial score (nSPS) is 14.9. The number of Topliss-reactive ketones (excluding diaryl/α,β-unsaturated/α-hetero) is 1. The van der Waals surface area contributed by atoms with Crippen molar-refractivity contribution >= 4 is 27.7 Å². The van der Waals surface area contributed by atoms with E-state index in [1.807, 2.05) is 0 Å². The highest BCUT2D eigenvalue weighted by Crippen LogP contribution is 2.30. The van der Waals surface area contributed by atoms with E-state index >= 15 is 0 Å². The summed E-state index contributed by atoms with van der Waals surface area (Å²) in [5.41, 5.74) is 1.66. The number of fused-ring (bicyclic) bond motifs is 1. The van der Waals surface area contributed by atoms with Crippen molar-refractivity contribution in [2.45, 2.75) is 19.3 Å². The lowest BCUT2D eigenvalue weighted by Gasteiger charge is -2.16. The first kappa shape index (κ1) is 10.4. The molecule has 0 aromatic heterocycles. The van der Waals surface area contributed by atoms with Crippen molar-refractivity contribution in [3.63, 3.8) is 0 Å². The van der Waals surface area contributed by atoms with Crippen molar-refractivity contribution in [2.75, 3.05) is 0 Å². The minimum absolute atomic E-state index is 0.0335. The van der Waals surface area contributed by atoms with Gasteiger partial charge in [0.05, 0.1) is 5.56 Å². The zero-order valence-corrected chi connectivity index (χ0v) is 9.50. The van der Waals surface area contributed by atoms with Crippen LogP contribution in [0.2, 0.25) is 0 Å². The van der Waals surface area contributed by atoms with Crippen LogP contribution in [0.15, 0.2) is 16.6 Å². The van der Waals surface area contributed by atoms with Crippen LogP contribution >= 0.6 is 15.9 Å². The van der Waals surface area contributed by atoms with Gasteiger partial charge in [0.25, 0.3) is 0 Å². The first-order chi connectivity index (χ1) is 7.11. The molecule has 2 rings (SSSR count). The van der Waals surface area contributed by atoms with Crippen molar-refractivity contribution in [3.8, 4) is 0 Å². The van der Waals surface area contributed by atoms with Crippen molar-refractivity contribution in [3.05, 3.63) is 33.3 Å². The monoisotopic (exact) mass is 268 g/mol. The van der Waals surface area contributed by atoms with Gasteiger partial charge < -0.3 is 5.11 Å². The largest absolute Gasteiger partial charge is 0.478 e. The zero-order chi connectivity index (χ0) is 11.0. The van der Waals surface area contributed by atoms with Crippen LogP contribution in [0.5, 0.6) is 0 Å². The quantitative estimate of drug-likeness (QED) is 0.852. The van der Waals surface area contributed by atoms with Crippen LogP contribution in [0.25, 0.3) is 0 Å². The van der Waals surface area contributed by atoms with Gasteiger partial charge in [-0.15, -0.1) is 0 Å². The molecule has 3 nitrogen and oxygen atoms in total. The number of carboxylic acids is 1. The Hall–Kier alpha value is -1.16. The zero-order valence-electron chi connectivity index (χ0n) is 7.92. The molecular weight excluding hydrogens is 260 g/mol. The molecule has 15 heavy (non-hydrogen) atoms. The summed E-state index contributed by atoms with van der Waals surface area (Å²) in [7, 11) is 0. The maximum atomic E-state index is 11.7. The fraction of sp³-hybridized carbons (Fsp3) is 0.273. The summed E-state index contributed by atoms with van der Waals surface area (Å²) in [6.07, 6.45) is 2.21. The number of hydrogen-bond acceptors (Lipinski definition) is 2. The third kappa shape index (κ3) is 1.69. The van der Waals surface area contributed by atoms with Gasteiger partial charge in [-0.1, -0.05) is 6.07 Å². The van der Waals surface area contributed by atoms with E-state index in [1.165, 1.54) is 0 Å². The van der Waals surface area contributed by atoms with Gasteiger partial charge in [0.15, 0.2) is 5.78 Å². The SMILES string of the molecule is O=C(O)c1ccc2c(c1Br)C(=O)CCC2. The molecular formula is C11H9BrO3. The third-order valence-electron chi connectivity index (χ3n) is 2.59. The fourth-order valence-corrected chi connectivity index (χ4v) is 2.63. The molecule has 0 radical (unpaired) electrons. The summed E-state index contributed by atoms with van der Waals surface area (Å²) in [5, 5.41) is 8.91. The summed E-state index contributed by atoms with van der Waals surface area (Å²) in [4.78, 5) is 22.5. The lowest BCUT2D eigenvalue weighted by atomic mass is 9.89. The first-order valence-corrected chi connectivity index (χ1v) is 5.48. The number of halogens is 1. The Labute approximate surface area is 95.2 Å². The molecule has 1 aliphatic rings. The minimum atomic E-state index is -1.01. The minimum Gasteiger partial charge on any atom is -0.478 e. The number of carbonyl (C=O) groups is 2. The molecule has 1 N–H and O–H groups in total. The van der Waals surface area contributed by atoms with Gasteiger partial charge in [0.2, 0.25) is 0 Å². The Balaban J connectivity index is 2.64. The summed E-state index contributed by atoms with van der Waals surface area (Å²) in [6.45, 7) is 0. The standard InChI is InChI=1S/C11H9BrO3/c12-10-7(11(14)15)5-4-6-2-1-3-8(13)9(6)10/h4-5H,1-3H2,(H,14,15). The van der Waals surface area contributed by atoms with E-state index in [1.54, 1.807) is 12.1 Å². The van der Waals surface area contributed by atoms with E-state index in [2.05, 4.69) is 15.9 Å². The highest BCUT2D eigenvalue weighted by molar-refractivity contribution is 9.10. The number of ketones is 1. The predicted molar refractivity (Wildman–Crippen MR) is 58.4 cm³/mol. The highest BCUT2D eigenvalue weighted by atomic mass is 79.9. The van der Waals surface area contributed by atoms with Crippen LogP contribution in [0.4, 0.5) is 0 Å². The van der Waals surface area contributed by atoms with Crippen LogP contribution < -0.4 is 0 Å². The van der Waals surface area contributed by atoms with Crippen molar-refractivity contribution in [1.29, 1.82) is 0 Å². The number of carbonyl (C=O) groups excluding carboxylic acids is 1. The van der Waals surface area contributed by atoms with E-state index in [-0.39, 0.29) is 11.3 Å². The van der Waals surface area contributed by atoms with Crippen molar-refractivity contribution in [1.82, 2.24) is 0 Å². The number of aryl methyl sites for hydroxylation is 1. The second-order valence-corrected chi connectivity index (χ2v) is 4.34. The van der Waals surface area contributed by atoms with E-state index in [9.17, 15) is 9.59 Å². The number of aromatic carboxylic acids is 1. The molecule has 0 spiro atoms. The fourth-order valence-electron chi connectivity index (χ4n) is 1.86. The Morgan fingerprint density at radius 2 is 2.07 bits per heavy atom. The third-order valence-corrected chi connectivity index (χ3v) is 3.41. The van der Waals surface area contributed by atoms with Gasteiger partial charge in [-0.25, -0.2) is 4.79 Å². The molecule has 1 aliphatic carbocycles. The molecule has 1 aromatic rings. The van der Waals surface area contributed by atoms with E-state index in [4.69, 9.17) is 5.11 Å². The van der Waals surface area contributed by atoms with E-state index in [0.717, 1.165) is 18.4 Å². The predicted octanol–water partition coefficient (Wildman–Crippen LogP) is 2.67. The second kappa shape index (κ2) is 3.77. The second-order valence-electron chi connectivity index (χ2n) is 3.54. The molecule has 1 aromatic carbocycles. The smallest absolute Gasteiger partial charge is 0.336 e. The van der Waals surface area contributed by atoms with Crippen LogP contribution in [-0.4, -0.2) is 16.9 Å². The average molecular weight is 269 g/mol. The highest BCUT2D eigenvalue weighted by Gasteiger charge is 2.23. The maximum absolute atomic E-state index is 11.7. The molecule has 4 heteroatoms. The van der Waals surface area contributed by atoms with Crippen LogP contribution in [0.3, 0.4) is 0 Å². The molecule has 0 fully saturated rings. The van der Waals surface area contributed by atoms with Gasteiger partial charge in [-0.3, -0.25) is 4.79 Å². The summed E-state index contributed by atoms with van der Waals surface area (Å²) in [5.74, 6) is -0.978.